The Hall–Kier alpha value is -1.30. The molecular formula is C12H12ClNO3S. The van der Waals surface area contributed by atoms with Gasteiger partial charge in [-0.2, -0.15) is 0 Å². The second kappa shape index (κ2) is 5.14. The molecule has 0 saturated carbocycles. The zero-order valence-electron chi connectivity index (χ0n) is 9.68. The summed E-state index contributed by atoms with van der Waals surface area (Å²) < 4.78 is 31.5. The van der Waals surface area contributed by atoms with Crippen LogP contribution in [0.2, 0.25) is 5.02 Å². The molecule has 96 valence electrons. The molecule has 4 nitrogen and oxygen atoms in total. The molecule has 18 heavy (non-hydrogen) atoms. The second-order valence-corrected chi connectivity index (χ2v) is 5.98. The first-order valence-electron chi connectivity index (χ1n) is 5.27. The van der Waals surface area contributed by atoms with Crippen LogP contribution in [-0.2, 0) is 16.6 Å². The molecule has 1 N–H and O–H groups in total. The monoisotopic (exact) mass is 285 g/mol. The van der Waals surface area contributed by atoms with E-state index in [2.05, 4.69) is 4.72 Å². The molecule has 0 unspecified atom stereocenters. The van der Waals surface area contributed by atoms with Crippen molar-refractivity contribution in [2.75, 3.05) is 0 Å². The van der Waals surface area contributed by atoms with Crippen LogP contribution < -0.4 is 4.72 Å². The molecule has 1 heterocycles. The van der Waals surface area contributed by atoms with E-state index in [0.29, 0.717) is 5.76 Å². The summed E-state index contributed by atoms with van der Waals surface area (Å²) in [4.78, 5) is 0.0707. The van der Waals surface area contributed by atoms with Gasteiger partial charge in [0.15, 0.2) is 0 Å². The molecule has 6 heteroatoms. The molecule has 1 aromatic carbocycles. The Balaban J connectivity index is 2.20. The maximum atomic E-state index is 12.0. The molecule has 2 aromatic rings. The Morgan fingerprint density at radius 3 is 2.72 bits per heavy atom. The summed E-state index contributed by atoms with van der Waals surface area (Å²) in [5, 5.41) is 0.210. The number of hydrogen-bond donors (Lipinski definition) is 1. The minimum Gasteiger partial charge on any atom is -0.468 e. The molecule has 2 rings (SSSR count). The number of nitrogens with one attached hydrogen (secondary N) is 1. The number of furan rings is 1. The summed E-state index contributed by atoms with van der Waals surface area (Å²) in [6.45, 7) is 1.94. The Kier molecular flexibility index (Phi) is 3.75. The Morgan fingerprint density at radius 1 is 1.33 bits per heavy atom. The fourth-order valence-corrected chi connectivity index (χ4v) is 3.07. The topological polar surface area (TPSA) is 59.3 Å². The van der Waals surface area contributed by atoms with Gasteiger partial charge in [-0.05, 0) is 36.8 Å². The van der Waals surface area contributed by atoms with Gasteiger partial charge in [-0.1, -0.05) is 17.7 Å². The first-order chi connectivity index (χ1) is 8.49. The number of sulfonamides is 1. The van der Waals surface area contributed by atoms with E-state index in [4.69, 9.17) is 16.0 Å². The van der Waals surface area contributed by atoms with E-state index in [-0.39, 0.29) is 16.5 Å². The van der Waals surface area contributed by atoms with E-state index in [1.165, 1.54) is 12.3 Å². The first kappa shape index (κ1) is 13.1. The summed E-state index contributed by atoms with van der Waals surface area (Å²) in [5.41, 5.74) is 0.907. The highest BCUT2D eigenvalue weighted by Crippen LogP contribution is 2.22. The number of hydrogen-bond acceptors (Lipinski definition) is 3. The van der Waals surface area contributed by atoms with E-state index in [0.717, 1.165) is 5.56 Å². The van der Waals surface area contributed by atoms with E-state index in [9.17, 15) is 8.42 Å². The number of benzene rings is 1. The van der Waals surface area contributed by atoms with Crippen LogP contribution in [0.1, 0.15) is 11.3 Å². The fraction of sp³-hybridized carbons (Fsp3) is 0.167. The number of halogens is 1. The molecule has 0 bridgehead atoms. The van der Waals surface area contributed by atoms with Gasteiger partial charge in [-0.25, -0.2) is 13.1 Å². The van der Waals surface area contributed by atoms with E-state index in [1.54, 1.807) is 24.3 Å². The van der Waals surface area contributed by atoms with Crippen LogP contribution in [0.5, 0.6) is 0 Å². The second-order valence-electron chi connectivity index (χ2n) is 3.84. The van der Waals surface area contributed by atoms with Gasteiger partial charge < -0.3 is 4.42 Å². The van der Waals surface area contributed by atoms with Crippen molar-refractivity contribution in [2.24, 2.45) is 0 Å². The molecule has 0 aliphatic carbocycles. The normalized spacial score (nSPS) is 11.7. The molecule has 0 spiro atoms. The van der Waals surface area contributed by atoms with Crippen LogP contribution in [0, 0.1) is 6.92 Å². The predicted molar refractivity (Wildman–Crippen MR) is 68.9 cm³/mol. The van der Waals surface area contributed by atoms with Crippen LogP contribution in [-0.4, -0.2) is 8.42 Å². The van der Waals surface area contributed by atoms with Gasteiger partial charge in [0.05, 0.1) is 17.8 Å². The van der Waals surface area contributed by atoms with Crippen molar-refractivity contribution in [1.29, 1.82) is 0 Å². The molecule has 0 saturated heterocycles. The highest BCUT2D eigenvalue weighted by atomic mass is 35.5. The smallest absolute Gasteiger partial charge is 0.242 e. The zero-order chi connectivity index (χ0) is 13.2. The lowest BCUT2D eigenvalue weighted by atomic mass is 10.2. The zero-order valence-corrected chi connectivity index (χ0v) is 11.3. The third-order valence-electron chi connectivity index (χ3n) is 2.39. The van der Waals surface area contributed by atoms with Crippen molar-refractivity contribution in [3.63, 3.8) is 0 Å². The van der Waals surface area contributed by atoms with Crippen LogP contribution in [0.15, 0.2) is 45.9 Å². The summed E-state index contributed by atoms with van der Waals surface area (Å²) in [6, 6.07) is 8.19. The molecule has 0 fully saturated rings. The molecule has 0 radical (unpaired) electrons. The SMILES string of the molecule is Cc1ccc(S(=O)(=O)NCc2ccco2)c(Cl)c1. The largest absolute Gasteiger partial charge is 0.468 e. The third-order valence-corrected chi connectivity index (χ3v) is 4.28. The number of rotatable bonds is 4. The molecule has 0 amide bonds. The quantitative estimate of drug-likeness (QED) is 0.939. The summed E-state index contributed by atoms with van der Waals surface area (Å²) in [7, 11) is -3.63. The molecule has 1 aromatic heterocycles. The summed E-state index contributed by atoms with van der Waals surface area (Å²) in [5.74, 6) is 0.543. The fourth-order valence-electron chi connectivity index (χ4n) is 1.48. The Labute approximate surface area is 111 Å². The third kappa shape index (κ3) is 2.93. The van der Waals surface area contributed by atoms with Gasteiger partial charge in [0.1, 0.15) is 10.7 Å². The van der Waals surface area contributed by atoms with Crippen molar-refractivity contribution >= 4 is 21.6 Å². The highest BCUT2D eigenvalue weighted by Gasteiger charge is 2.17. The lowest BCUT2D eigenvalue weighted by molar-refractivity contribution is 0.498. The maximum absolute atomic E-state index is 12.0. The number of aryl methyl sites for hydroxylation is 1. The lowest BCUT2D eigenvalue weighted by Gasteiger charge is -2.07. The Morgan fingerprint density at radius 2 is 2.11 bits per heavy atom. The minimum absolute atomic E-state index is 0.0707. The van der Waals surface area contributed by atoms with E-state index >= 15 is 0 Å². The van der Waals surface area contributed by atoms with E-state index in [1.807, 2.05) is 6.92 Å². The van der Waals surface area contributed by atoms with Crippen LogP contribution in [0.4, 0.5) is 0 Å². The highest BCUT2D eigenvalue weighted by molar-refractivity contribution is 7.89. The molecule has 0 aliphatic heterocycles. The van der Waals surface area contributed by atoms with Crippen molar-refractivity contribution in [2.45, 2.75) is 18.4 Å². The van der Waals surface area contributed by atoms with Gasteiger partial charge >= 0.3 is 0 Å². The average molecular weight is 286 g/mol. The minimum atomic E-state index is -3.63. The first-order valence-corrected chi connectivity index (χ1v) is 7.13. The predicted octanol–water partition coefficient (Wildman–Crippen LogP) is 2.72. The van der Waals surface area contributed by atoms with Gasteiger partial charge in [0, 0.05) is 0 Å². The van der Waals surface area contributed by atoms with Crippen molar-refractivity contribution < 1.29 is 12.8 Å². The standard InChI is InChI=1S/C12H12ClNO3S/c1-9-4-5-12(11(13)7-9)18(15,16)14-8-10-3-2-6-17-10/h2-7,14H,8H2,1H3. The van der Waals surface area contributed by atoms with Crippen LogP contribution in [0.3, 0.4) is 0 Å². The average Bonchev–Trinajstić information content (AvgIpc) is 2.78. The Bertz CT molecular complexity index is 635. The van der Waals surface area contributed by atoms with Gasteiger partial charge in [0.25, 0.3) is 0 Å². The van der Waals surface area contributed by atoms with Crippen molar-refractivity contribution in [3.8, 4) is 0 Å². The van der Waals surface area contributed by atoms with E-state index < -0.39 is 10.0 Å². The van der Waals surface area contributed by atoms with Crippen LogP contribution >= 0.6 is 11.6 Å². The van der Waals surface area contributed by atoms with Gasteiger partial charge in [-0.3, -0.25) is 0 Å². The summed E-state index contributed by atoms with van der Waals surface area (Å²) in [6.07, 6.45) is 1.49. The van der Waals surface area contributed by atoms with Crippen LogP contribution in [0.25, 0.3) is 0 Å². The molecule has 0 aliphatic rings. The summed E-state index contributed by atoms with van der Waals surface area (Å²) >= 11 is 5.93. The van der Waals surface area contributed by atoms with Gasteiger partial charge in [0.2, 0.25) is 10.0 Å². The van der Waals surface area contributed by atoms with Gasteiger partial charge in [-0.15, -0.1) is 0 Å². The molecule has 0 atom stereocenters. The van der Waals surface area contributed by atoms with Crippen molar-refractivity contribution in [3.05, 3.63) is 52.9 Å². The van der Waals surface area contributed by atoms with Crippen molar-refractivity contribution in [1.82, 2.24) is 4.72 Å². The lowest BCUT2D eigenvalue weighted by Crippen LogP contribution is -2.23. The molecular weight excluding hydrogens is 274 g/mol. The maximum Gasteiger partial charge on any atom is 0.242 e.